The molecule has 4 nitrogen and oxygen atoms in total. The number of rotatable bonds is 3. The third-order valence-corrected chi connectivity index (χ3v) is 2.42. The van der Waals surface area contributed by atoms with E-state index in [4.69, 9.17) is 16.3 Å². The van der Waals surface area contributed by atoms with Crippen molar-refractivity contribution in [2.75, 3.05) is 6.61 Å². The van der Waals surface area contributed by atoms with Crippen LogP contribution in [0.15, 0.2) is 18.2 Å². The molecule has 0 amide bonds. The van der Waals surface area contributed by atoms with E-state index in [0.29, 0.717) is 23.5 Å². The monoisotopic (exact) mass is 237 g/mol. The maximum atomic E-state index is 5.89. The molecule has 2 rings (SSSR count). The van der Waals surface area contributed by atoms with E-state index in [1.807, 2.05) is 32.0 Å². The van der Waals surface area contributed by atoms with Gasteiger partial charge in [0, 0.05) is 10.6 Å². The Balaban J connectivity index is 2.35. The minimum absolute atomic E-state index is 0.367. The summed E-state index contributed by atoms with van der Waals surface area (Å²) in [5.74, 6) is 0.692. The normalized spacial score (nSPS) is 10.4. The molecule has 0 saturated heterocycles. The number of H-pyrrole nitrogens is 1. The van der Waals surface area contributed by atoms with Crippen LogP contribution in [0.3, 0.4) is 0 Å². The lowest BCUT2D eigenvalue weighted by Crippen LogP contribution is -1.92. The molecule has 0 spiro atoms. The number of hydrogen-bond donors (Lipinski definition) is 1. The van der Waals surface area contributed by atoms with Crippen molar-refractivity contribution in [3.63, 3.8) is 0 Å². The molecule has 0 bridgehead atoms. The van der Waals surface area contributed by atoms with E-state index >= 15 is 0 Å². The van der Waals surface area contributed by atoms with E-state index in [0.717, 1.165) is 11.1 Å². The van der Waals surface area contributed by atoms with Crippen LogP contribution in [0.1, 0.15) is 12.5 Å². The van der Waals surface area contributed by atoms with Gasteiger partial charge in [-0.05, 0) is 37.6 Å². The molecule has 0 radical (unpaired) electrons. The summed E-state index contributed by atoms with van der Waals surface area (Å²) >= 11 is 5.89. The Morgan fingerprint density at radius 2 is 2.25 bits per heavy atom. The second-order valence-corrected chi connectivity index (χ2v) is 3.80. The summed E-state index contributed by atoms with van der Waals surface area (Å²) in [6.45, 7) is 4.42. The van der Waals surface area contributed by atoms with E-state index in [1.165, 1.54) is 0 Å². The van der Waals surface area contributed by atoms with Gasteiger partial charge in [0.1, 0.15) is 0 Å². The maximum Gasteiger partial charge on any atom is 0.335 e. The fourth-order valence-corrected chi connectivity index (χ4v) is 1.68. The second kappa shape index (κ2) is 4.53. The first-order chi connectivity index (χ1) is 7.70. The molecular weight excluding hydrogens is 226 g/mol. The lowest BCUT2D eigenvalue weighted by Gasteiger charge is -2.01. The third-order valence-electron chi connectivity index (χ3n) is 2.18. The minimum Gasteiger partial charge on any atom is -0.463 e. The van der Waals surface area contributed by atoms with E-state index in [9.17, 15) is 0 Å². The van der Waals surface area contributed by atoms with Crippen molar-refractivity contribution in [1.82, 2.24) is 15.2 Å². The van der Waals surface area contributed by atoms with Crippen molar-refractivity contribution in [3.8, 4) is 17.4 Å². The number of benzene rings is 1. The van der Waals surface area contributed by atoms with E-state index in [-0.39, 0.29) is 0 Å². The topological polar surface area (TPSA) is 50.8 Å². The van der Waals surface area contributed by atoms with Crippen LogP contribution < -0.4 is 4.74 Å². The largest absolute Gasteiger partial charge is 0.463 e. The first-order valence-corrected chi connectivity index (χ1v) is 5.40. The molecule has 0 fully saturated rings. The molecule has 0 saturated carbocycles. The first-order valence-electron chi connectivity index (χ1n) is 5.02. The Morgan fingerprint density at radius 3 is 2.94 bits per heavy atom. The van der Waals surface area contributed by atoms with Crippen molar-refractivity contribution in [2.24, 2.45) is 0 Å². The number of nitrogens with zero attached hydrogens (tertiary/aromatic N) is 2. The van der Waals surface area contributed by atoms with Gasteiger partial charge >= 0.3 is 6.01 Å². The predicted molar refractivity (Wildman–Crippen MR) is 62.7 cm³/mol. The molecule has 0 aliphatic carbocycles. The third kappa shape index (κ3) is 2.17. The smallest absolute Gasteiger partial charge is 0.335 e. The van der Waals surface area contributed by atoms with Crippen LogP contribution in [0.5, 0.6) is 6.01 Å². The van der Waals surface area contributed by atoms with Gasteiger partial charge in [0.15, 0.2) is 5.82 Å². The van der Waals surface area contributed by atoms with Crippen LogP contribution >= 0.6 is 11.6 Å². The summed E-state index contributed by atoms with van der Waals surface area (Å²) in [7, 11) is 0. The maximum absolute atomic E-state index is 5.89. The molecule has 1 N–H and O–H groups in total. The van der Waals surface area contributed by atoms with Gasteiger partial charge in [-0.1, -0.05) is 11.6 Å². The SMILES string of the molecule is CCOc1n[nH]c(-c2ccc(Cl)cc2C)n1. The lowest BCUT2D eigenvalue weighted by molar-refractivity contribution is 0.314. The van der Waals surface area contributed by atoms with Crippen LogP contribution in [0.2, 0.25) is 5.02 Å². The van der Waals surface area contributed by atoms with Gasteiger partial charge in [-0.25, -0.2) is 0 Å². The molecule has 1 aromatic carbocycles. The molecule has 0 atom stereocenters. The molecule has 2 aromatic rings. The number of nitrogens with one attached hydrogen (secondary N) is 1. The fourth-order valence-electron chi connectivity index (χ4n) is 1.45. The zero-order valence-corrected chi connectivity index (χ0v) is 9.88. The Kier molecular flexibility index (Phi) is 3.10. The Morgan fingerprint density at radius 1 is 1.44 bits per heavy atom. The van der Waals surface area contributed by atoms with Crippen molar-refractivity contribution >= 4 is 11.6 Å². The highest BCUT2D eigenvalue weighted by molar-refractivity contribution is 6.30. The van der Waals surface area contributed by atoms with E-state index < -0.39 is 0 Å². The van der Waals surface area contributed by atoms with Crippen LogP contribution in [-0.4, -0.2) is 21.8 Å². The fraction of sp³-hybridized carbons (Fsp3) is 0.273. The van der Waals surface area contributed by atoms with Crippen molar-refractivity contribution in [2.45, 2.75) is 13.8 Å². The summed E-state index contributed by atoms with van der Waals surface area (Å²) in [6, 6.07) is 5.99. The average molecular weight is 238 g/mol. The van der Waals surface area contributed by atoms with Crippen LogP contribution in [0.25, 0.3) is 11.4 Å². The van der Waals surface area contributed by atoms with Gasteiger partial charge < -0.3 is 4.74 Å². The number of halogens is 1. The highest BCUT2D eigenvalue weighted by Gasteiger charge is 2.08. The summed E-state index contributed by atoms with van der Waals surface area (Å²) in [5.41, 5.74) is 2.02. The van der Waals surface area contributed by atoms with Gasteiger partial charge in [0.05, 0.1) is 6.61 Å². The highest BCUT2D eigenvalue weighted by Crippen LogP contribution is 2.23. The number of aromatic amines is 1. The van der Waals surface area contributed by atoms with Crippen LogP contribution in [-0.2, 0) is 0 Å². The van der Waals surface area contributed by atoms with Crippen molar-refractivity contribution in [3.05, 3.63) is 28.8 Å². The standard InChI is InChI=1S/C11H12ClN3O/c1-3-16-11-13-10(14-15-11)9-5-4-8(12)6-7(9)2/h4-6H,3H2,1-2H3,(H,13,14,15). The summed E-state index contributed by atoms with van der Waals surface area (Å²) in [6.07, 6.45) is 0. The van der Waals surface area contributed by atoms with Gasteiger partial charge in [-0.3, -0.25) is 5.10 Å². The molecule has 0 aliphatic heterocycles. The van der Waals surface area contributed by atoms with E-state index in [2.05, 4.69) is 15.2 Å². The van der Waals surface area contributed by atoms with Crippen molar-refractivity contribution < 1.29 is 4.74 Å². The first kappa shape index (κ1) is 11.0. The molecule has 0 unspecified atom stereocenters. The molecule has 1 heterocycles. The summed E-state index contributed by atoms with van der Waals surface area (Å²) in [4.78, 5) is 4.23. The zero-order valence-electron chi connectivity index (χ0n) is 9.12. The molecule has 0 aliphatic rings. The number of hydrogen-bond acceptors (Lipinski definition) is 3. The Labute approximate surface area is 98.6 Å². The highest BCUT2D eigenvalue weighted by atomic mass is 35.5. The number of aryl methyl sites for hydroxylation is 1. The Hall–Kier alpha value is -1.55. The molecule has 5 heteroatoms. The quantitative estimate of drug-likeness (QED) is 0.893. The van der Waals surface area contributed by atoms with Gasteiger partial charge in [-0.15, -0.1) is 5.10 Å². The van der Waals surface area contributed by atoms with Gasteiger partial charge in [-0.2, -0.15) is 4.98 Å². The molecule has 84 valence electrons. The predicted octanol–water partition coefficient (Wildman–Crippen LogP) is 2.83. The van der Waals surface area contributed by atoms with Crippen LogP contribution in [0, 0.1) is 6.92 Å². The summed E-state index contributed by atoms with van der Waals surface area (Å²) in [5, 5.41) is 7.51. The van der Waals surface area contributed by atoms with Gasteiger partial charge in [0.2, 0.25) is 0 Å². The van der Waals surface area contributed by atoms with Crippen LogP contribution in [0.4, 0.5) is 0 Å². The lowest BCUT2D eigenvalue weighted by atomic mass is 10.1. The molecular formula is C11H12ClN3O. The number of ether oxygens (including phenoxy) is 1. The van der Waals surface area contributed by atoms with E-state index in [1.54, 1.807) is 0 Å². The van der Waals surface area contributed by atoms with Gasteiger partial charge in [0.25, 0.3) is 0 Å². The molecule has 16 heavy (non-hydrogen) atoms. The Bertz CT molecular complexity index is 496. The second-order valence-electron chi connectivity index (χ2n) is 3.36. The number of aromatic nitrogens is 3. The minimum atomic E-state index is 0.367. The molecule has 1 aromatic heterocycles. The van der Waals surface area contributed by atoms with Crippen molar-refractivity contribution in [1.29, 1.82) is 0 Å². The zero-order chi connectivity index (χ0) is 11.5. The average Bonchev–Trinajstić information content (AvgIpc) is 2.67. The summed E-state index contributed by atoms with van der Waals surface area (Å²) < 4.78 is 5.19.